The SMILES string of the molecule is CCC(=O)c1cnc(Nc2ccc(C(C)NC)cn2)cc1N(C)c1cccc(-c2ncn(C)n2)c1OC. The van der Waals surface area contributed by atoms with Crippen LogP contribution in [0.5, 0.6) is 5.75 Å². The Hall–Kier alpha value is -4.31. The van der Waals surface area contributed by atoms with E-state index >= 15 is 0 Å². The summed E-state index contributed by atoms with van der Waals surface area (Å²) in [4.78, 5) is 28.2. The van der Waals surface area contributed by atoms with Gasteiger partial charge in [-0.3, -0.25) is 9.48 Å². The highest BCUT2D eigenvalue weighted by atomic mass is 16.5. The van der Waals surface area contributed by atoms with Crippen LogP contribution in [0, 0.1) is 0 Å². The molecule has 37 heavy (non-hydrogen) atoms. The van der Waals surface area contributed by atoms with Crippen LogP contribution in [-0.2, 0) is 7.05 Å². The van der Waals surface area contributed by atoms with Gasteiger partial charge in [0.05, 0.1) is 29.6 Å². The molecule has 3 heterocycles. The molecular formula is C27H32N8O2. The minimum atomic E-state index is -0.00838. The molecule has 0 saturated heterocycles. The van der Waals surface area contributed by atoms with Gasteiger partial charge in [0.25, 0.3) is 0 Å². The first-order valence-corrected chi connectivity index (χ1v) is 12.1. The van der Waals surface area contributed by atoms with Crippen LogP contribution >= 0.6 is 0 Å². The summed E-state index contributed by atoms with van der Waals surface area (Å²) in [6, 6.07) is 11.7. The number of Topliss-reactive ketones (excluding diaryl/α,β-unsaturated/α-hetero) is 1. The second kappa shape index (κ2) is 11.2. The largest absolute Gasteiger partial charge is 0.494 e. The van der Waals surface area contributed by atoms with Crippen molar-refractivity contribution in [1.29, 1.82) is 0 Å². The summed E-state index contributed by atoms with van der Waals surface area (Å²) in [5.74, 6) is 2.37. The average molecular weight is 501 g/mol. The topological polar surface area (TPSA) is 110 Å². The summed E-state index contributed by atoms with van der Waals surface area (Å²) in [5, 5.41) is 10.9. The van der Waals surface area contributed by atoms with Crippen LogP contribution in [0.25, 0.3) is 11.4 Å². The number of ketones is 1. The van der Waals surface area contributed by atoms with Crippen LogP contribution in [-0.4, -0.2) is 51.7 Å². The number of hydrogen-bond acceptors (Lipinski definition) is 9. The third-order valence-corrected chi connectivity index (χ3v) is 6.24. The zero-order chi connectivity index (χ0) is 26.5. The molecule has 0 spiro atoms. The van der Waals surface area contributed by atoms with E-state index in [4.69, 9.17) is 4.74 Å². The average Bonchev–Trinajstić information content (AvgIpc) is 3.37. The summed E-state index contributed by atoms with van der Waals surface area (Å²) in [6.45, 7) is 3.91. The molecule has 0 bridgehead atoms. The van der Waals surface area contributed by atoms with Crippen molar-refractivity contribution in [3.8, 4) is 17.1 Å². The van der Waals surface area contributed by atoms with Crippen molar-refractivity contribution in [3.63, 3.8) is 0 Å². The van der Waals surface area contributed by atoms with Crippen molar-refractivity contribution < 1.29 is 9.53 Å². The molecule has 1 atom stereocenters. The molecule has 3 aromatic heterocycles. The van der Waals surface area contributed by atoms with Gasteiger partial charge in [0, 0.05) is 45.0 Å². The van der Waals surface area contributed by atoms with Crippen LogP contribution in [0.3, 0.4) is 0 Å². The van der Waals surface area contributed by atoms with Crippen LogP contribution < -0.4 is 20.3 Å². The third kappa shape index (κ3) is 5.44. The number of para-hydroxylation sites is 1. The maximum atomic E-state index is 12.9. The third-order valence-electron chi connectivity index (χ3n) is 6.24. The molecular weight excluding hydrogens is 468 g/mol. The minimum Gasteiger partial charge on any atom is -0.494 e. The number of benzene rings is 1. The summed E-state index contributed by atoms with van der Waals surface area (Å²) in [7, 11) is 7.23. The molecule has 10 heteroatoms. The van der Waals surface area contributed by atoms with Crippen molar-refractivity contribution in [2.75, 3.05) is 31.4 Å². The molecule has 4 aromatic rings. The Balaban J connectivity index is 1.73. The number of aromatic nitrogens is 5. The van der Waals surface area contributed by atoms with E-state index in [-0.39, 0.29) is 11.8 Å². The monoisotopic (exact) mass is 500 g/mol. The molecule has 10 nitrogen and oxygen atoms in total. The first-order chi connectivity index (χ1) is 17.9. The van der Waals surface area contributed by atoms with Crippen molar-refractivity contribution in [2.45, 2.75) is 26.3 Å². The molecule has 1 aromatic carbocycles. The number of rotatable bonds is 10. The fraction of sp³-hybridized carbons (Fsp3) is 0.296. The lowest BCUT2D eigenvalue weighted by molar-refractivity contribution is 0.0988. The number of methoxy groups -OCH3 is 1. The molecule has 0 aliphatic rings. The zero-order valence-corrected chi connectivity index (χ0v) is 22.0. The fourth-order valence-electron chi connectivity index (χ4n) is 4.00. The Bertz CT molecular complexity index is 1380. The number of aryl methyl sites for hydroxylation is 1. The van der Waals surface area contributed by atoms with Gasteiger partial charge in [-0.2, -0.15) is 5.10 Å². The molecule has 2 N–H and O–H groups in total. The Morgan fingerprint density at radius 1 is 1.11 bits per heavy atom. The van der Waals surface area contributed by atoms with Crippen molar-refractivity contribution in [2.24, 2.45) is 7.05 Å². The summed E-state index contributed by atoms with van der Waals surface area (Å²) < 4.78 is 7.46. The number of carbonyl (C=O) groups is 1. The maximum Gasteiger partial charge on any atom is 0.184 e. The number of pyridine rings is 2. The van der Waals surface area contributed by atoms with E-state index in [1.54, 1.807) is 24.3 Å². The van der Waals surface area contributed by atoms with Gasteiger partial charge in [-0.05, 0) is 37.7 Å². The van der Waals surface area contributed by atoms with Gasteiger partial charge in [0.2, 0.25) is 0 Å². The Morgan fingerprint density at radius 3 is 2.51 bits per heavy atom. The maximum absolute atomic E-state index is 12.9. The predicted molar refractivity (Wildman–Crippen MR) is 145 cm³/mol. The van der Waals surface area contributed by atoms with E-state index in [0.717, 1.165) is 16.8 Å². The van der Waals surface area contributed by atoms with Crippen LogP contribution in [0.4, 0.5) is 23.0 Å². The number of nitrogens with one attached hydrogen (secondary N) is 2. The lowest BCUT2D eigenvalue weighted by atomic mass is 10.1. The number of carbonyl (C=O) groups excluding carboxylic acids is 1. The number of ether oxygens (including phenoxy) is 1. The highest BCUT2D eigenvalue weighted by molar-refractivity contribution is 6.02. The number of hydrogen-bond donors (Lipinski definition) is 2. The second-order valence-corrected chi connectivity index (χ2v) is 8.63. The summed E-state index contributed by atoms with van der Waals surface area (Å²) >= 11 is 0. The lowest BCUT2D eigenvalue weighted by Crippen LogP contribution is -2.16. The van der Waals surface area contributed by atoms with Crippen molar-refractivity contribution >= 4 is 28.8 Å². The molecule has 0 amide bonds. The van der Waals surface area contributed by atoms with Gasteiger partial charge in [-0.1, -0.05) is 19.1 Å². The van der Waals surface area contributed by atoms with Gasteiger partial charge < -0.3 is 20.3 Å². The molecule has 0 radical (unpaired) electrons. The molecule has 1 unspecified atom stereocenters. The van der Waals surface area contributed by atoms with E-state index in [9.17, 15) is 4.79 Å². The normalized spacial score (nSPS) is 11.7. The van der Waals surface area contributed by atoms with Crippen molar-refractivity contribution in [1.82, 2.24) is 30.0 Å². The van der Waals surface area contributed by atoms with Crippen LogP contribution in [0.15, 0.2) is 55.1 Å². The standard InChI is InChI=1S/C27H32N8O2/c1-7-23(36)20-15-30-25(32-24-12-11-18(14-29-24)17(2)28-3)13-22(20)35(5)21-10-8-9-19(26(21)37-6)27-31-16-34(4)33-27/h8-17,28H,7H2,1-6H3,(H,29,30,32). The van der Waals surface area contributed by atoms with E-state index in [0.29, 0.717) is 40.9 Å². The Labute approximate surface area is 216 Å². The van der Waals surface area contributed by atoms with E-state index in [1.165, 1.54) is 0 Å². The summed E-state index contributed by atoms with van der Waals surface area (Å²) in [6.07, 6.45) is 5.43. The molecule has 0 fully saturated rings. The van der Waals surface area contributed by atoms with Gasteiger partial charge in [0.1, 0.15) is 18.0 Å². The van der Waals surface area contributed by atoms with Crippen molar-refractivity contribution in [3.05, 3.63) is 66.2 Å². The highest BCUT2D eigenvalue weighted by Crippen LogP contribution is 2.40. The molecule has 0 aliphatic carbocycles. The van der Waals surface area contributed by atoms with Gasteiger partial charge in [0.15, 0.2) is 17.4 Å². The highest BCUT2D eigenvalue weighted by Gasteiger charge is 2.22. The van der Waals surface area contributed by atoms with Gasteiger partial charge in [-0.25, -0.2) is 15.0 Å². The smallest absolute Gasteiger partial charge is 0.184 e. The molecule has 4 rings (SSSR count). The zero-order valence-electron chi connectivity index (χ0n) is 22.0. The van der Waals surface area contributed by atoms with Crippen LogP contribution in [0.1, 0.15) is 42.2 Å². The fourth-order valence-corrected chi connectivity index (χ4v) is 4.00. The predicted octanol–water partition coefficient (Wildman–Crippen LogP) is 4.67. The van der Waals surface area contributed by atoms with Gasteiger partial charge in [-0.15, -0.1) is 0 Å². The number of anilines is 4. The molecule has 192 valence electrons. The van der Waals surface area contributed by atoms with E-state index in [1.807, 2.05) is 75.6 Å². The molecule has 0 aliphatic heterocycles. The second-order valence-electron chi connectivity index (χ2n) is 8.63. The Kier molecular flexibility index (Phi) is 7.78. The molecule has 0 saturated carbocycles. The minimum absolute atomic E-state index is 0.00838. The Morgan fingerprint density at radius 2 is 1.89 bits per heavy atom. The summed E-state index contributed by atoms with van der Waals surface area (Å²) in [5.41, 5.74) is 3.81. The van der Waals surface area contributed by atoms with Gasteiger partial charge >= 0.3 is 0 Å². The van der Waals surface area contributed by atoms with Crippen LogP contribution in [0.2, 0.25) is 0 Å². The first-order valence-electron chi connectivity index (χ1n) is 12.1. The van der Waals surface area contributed by atoms with E-state index < -0.39 is 0 Å². The lowest BCUT2D eigenvalue weighted by Gasteiger charge is -2.25. The quantitative estimate of drug-likeness (QED) is 0.300. The number of nitrogens with zero attached hydrogens (tertiary/aromatic N) is 6. The first kappa shape index (κ1) is 25.8. The van der Waals surface area contributed by atoms with E-state index in [2.05, 4.69) is 37.6 Å².